The van der Waals surface area contributed by atoms with E-state index in [-0.39, 0.29) is 18.1 Å². The highest BCUT2D eigenvalue weighted by Crippen LogP contribution is 2.20. The van der Waals surface area contributed by atoms with Crippen LogP contribution < -0.4 is 10.6 Å². The maximum absolute atomic E-state index is 12.8. The Balaban J connectivity index is 1.76. The van der Waals surface area contributed by atoms with Crippen LogP contribution in [0.1, 0.15) is 42.6 Å². The molecule has 0 aliphatic carbocycles. The number of hydrogen-bond acceptors (Lipinski definition) is 5. The fourth-order valence-electron chi connectivity index (χ4n) is 2.70. The third kappa shape index (κ3) is 4.42. The number of hydrogen-bond donors (Lipinski definition) is 2. The van der Waals surface area contributed by atoms with Crippen molar-refractivity contribution in [3.05, 3.63) is 53.5 Å². The van der Waals surface area contributed by atoms with Gasteiger partial charge in [0, 0.05) is 18.9 Å². The molecule has 3 aromatic rings. The summed E-state index contributed by atoms with van der Waals surface area (Å²) in [5, 5.41) is 14.3. The first-order chi connectivity index (χ1) is 13.5. The molecule has 28 heavy (non-hydrogen) atoms. The second-order valence-corrected chi connectivity index (χ2v) is 6.50. The molecule has 148 valence electrons. The average molecular weight is 405 g/mol. The fraction of sp³-hybridized carbons (Fsp3) is 0.333. The highest BCUT2D eigenvalue weighted by molar-refractivity contribution is 6.30. The Morgan fingerprint density at radius 2 is 2.14 bits per heavy atom. The summed E-state index contributed by atoms with van der Waals surface area (Å²) in [5.41, 5.74) is 0.468. The average Bonchev–Trinajstić information content (AvgIpc) is 3.42. The predicted octanol–water partition coefficient (Wildman–Crippen LogP) is 2.87. The topological polar surface area (TPSA) is 107 Å². The van der Waals surface area contributed by atoms with Crippen molar-refractivity contribution in [3.63, 3.8) is 0 Å². The third-order valence-electron chi connectivity index (χ3n) is 4.14. The molecule has 0 radical (unpaired) electrons. The van der Waals surface area contributed by atoms with Crippen LogP contribution in [0.3, 0.4) is 0 Å². The standard InChI is InChI=1S/C18H21ClN6O3/c1-3-15(25-10-12(19)8-21-25)17(26)22-14-11-24(4-2)23-16(14)18(27)20-9-13-6-5-7-28-13/h5-8,10-11,15H,3-4,9H2,1-2H3,(H,20,27)(H,22,26). The second kappa shape index (κ2) is 8.75. The van der Waals surface area contributed by atoms with E-state index in [2.05, 4.69) is 20.8 Å². The van der Waals surface area contributed by atoms with Crippen LogP contribution in [0.4, 0.5) is 5.69 Å². The molecule has 0 aliphatic rings. The van der Waals surface area contributed by atoms with E-state index in [1.165, 1.54) is 17.1 Å². The number of amides is 2. The number of furan rings is 1. The highest BCUT2D eigenvalue weighted by atomic mass is 35.5. The van der Waals surface area contributed by atoms with Gasteiger partial charge >= 0.3 is 0 Å². The van der Waals surface area contributed by atoms with Crippen LogP contribution in [0.5, 0.6) is 0 Å². The van der Waals surface area contributed by atoms with Gasteiger partial charge < -0.3 is 15.1 Å². The van der Waals surface area contributed by atoms with Crippen LogP contribution in [0.15, 0.2) is 41.4 Å². The normalized spacial score (nSPS) is 12.0. The molecule has 10 heteroatoms. The van der Waals surface area contributed by atoms with E-state index in [1.807, 2.05) is 13.8 Å². The number of anilines is 1. The van der Waals surface area contributed by atoms with Crippen molar-refractivity contribution in [1.29, 1.82) is 0 Å². The highest BCUT2D eigenvalue weighted by Gasteiger charge is 2.24. The minimum atomic E-state index is -0.559. The largest absolute Gasteiger partial charge is 0.467 e. The van der Waals surface area contributed by atoms with Gasteiger partial charge in [-0.25, -0.2) is 0 Å². The number of halogens is 1. The summed E-state index contributed by atoms with van der Waals surface area (Å²) in [6, 6.07) is 2.94. The van der Waals surface area contributed by atoms with Gasteiger partial charge in [-0.1, -0.05) is 18.5 Å². The molecule has 0 spiro atoms. The van der Waals surface area contributed by atoms with Gasteiger partial charge in [0.15, 0.2) is 5.69 Å². The maximum atomic E-state index is 12.8. The lowest BCUT2D eigenvalue weighted by Gasteiger charge is -2.15. The van der Waals surface area contributed by atoms with Gasteiger partial charge in [0.25, 0.3) is 5.91 Å². The SMILES string of the molecule is CCC(C(=O)Nc1cn(CC)nc1C(=O)NCc1ccco1)n1cc(Cl)cn1. The molecule has 0 aromatic carbocycles. The quantitative estimate of drug-likeness (QED) is 0.600. The number of nitrogens with one attached hydrogen (secondary N) is 2. The Hall–Kier alpha value is -3.07. The molecule has 9 nitrogen and oxygen atoms in total. The molecule has 2 N–H and O–H groups in total. The summed E-state index contributed by atoms with van der Waals surface area (Å²) in [6.45, 7) is 4.54. The Kier molecular flexibility index (Phi) is 6.15. The second-order valence-electron chi connectivity index (χ2n) is 6.06. The lowest BCUT2D eigenvalue weighted by atomic mass is 10.2. The fourth-order valence-corrected chi connectivity index (χ4v) is 2.84. The van der Waals surface area contributed by atoms with Crippen molar-refractivity contribution in [3.8, 4) is 0 Å². The van der Waals surface area contributed by atoms with Crippen LogP contribution in [0.2, 0.25) is 5.02 Å². The minimum Gasteiger partial charge on any atom is -0.467 e. The summed E-state index contributed by atoms with van der Waals surface area (Å²) >= 11 is 5.90. The zero-order chi connectivity index (χ0) is 20.1. The molecule has 0 saturated heterocycles. The number of carbonyl (C=O) groups is 2. The first kappa shape index (κ1) is 19.7. The molecule has 0 fully saturated rings. The van der Waals surface area contributed by atoms with Crippen molar-refractivity contribution in [2.45, 2.75) is 39.4 Å². The van der Waals surface area contributed by atoms with Gasteiger partial charge in [-0.3, -0.25) is 19.0 Å². The molecule has 0 aliphatic heterocycles. The van der Waals surface area contributed by atoms with Gasteiger partial charge in [-0.2, -0.15) is 10.2 Å². The smallest absolute Gasteiger partial charge is 0.274 e. The lowest BCUT2D eigenvalue weighted by molar-refractivity contribution is -0.119. The molecule has 1 atom stereocenters. The van der Waals surface area contributed by atoms with E-state index in [4.69, 9.17) is 16.0 Å². The van der Waals surface area contributed by atoms with E-state index >= 15 is 0 Å². The van der Waals surface area contributed by atoms with E-state index < -0.39 is 11.9 Å². The maximum Gasteiger partial charge on any atom is 0.274 e. The molecular formula is C18H21ClN6O3. The molecule has 3 rings (SSSR count). The molecule has 0 saturated carbocycles. The van der Waals surface area contributed by atoms with Gasteiger partial charge in [0.2, 0.25) is 5.91 Å². The van der Waals surface area contributed by atoms with Crippen molar-refractivity contribution in [1.82, 2.24) is 24.9 Å². The van der Waals surface area contributed by atoms with Crippen LogP contribution in [-0.4, -0.2) is 31.4 Å². The Morgan fingerprint density at radius 3 is 2.75 bits per heavy atom. The monoisotopic (exact) mass is 404 g/mol. The van der Waals surface area contributed by atoms with E-state index in [0.29, 0.717) is 29.4 Å². The summed E-state index contributed by atoms with van der Waals surface area (Å²) < 4.78 is 8.29. The van der Waals surface area contributed by atoms with E-state index in [0.717, 1.165) is 0 Å². The number of aromatic nitrogens is 4. The van der Waals surface area contributed by atoms with Crippen molar-refractivity contribution < 1.29 is 14.0 Å². The molecule has 3 aromatic heterocycles. The zero-order valence-electron chi connectivity index (χ0n) is 15.6. The van der Waals surface area contributed by atoms with Crippen LogP contribution >= 0.6 is 11.6 Å². The van der Waals surface area contributed by atoms with Gasteiger partial charge in [0.1, 0.15) is 11.8 Å². The van der Waals surface area contributed by atoms with Crippen molar-refractivity contribution in [2.24, 2.45) is 0 Å². The van der Waals surface area contributed by atoms with Gasteiger partial charge in [-0.05, 0) is 25.5 Å². The molecule has 1 unspecified atom stereocenters. The minimum absolute atomic E-state index is 0.134. The third-order valence-corrected chi connectivity index (χ3v) is 4.34. The van der Waals surface area contributed by atoms with Crippen molar-refractivity contribution in [2.75, 3.05) is 5.32 Å². The zero-order valence-corrected chi connectivity index (χ0v) is 16.3. The number of aryl methyl sites for hydroxylation is 1. The van der Waals surface area contributed by atoms with Crippen LogP contribution in [0, 0.1) is 0 Å². The Labute approximate surface area is 166 Å². The van der Waals surface area contributed by atoms with Gasteiger partial charge in [-0.15, -0.1) is 0 Å². The number of carbonyl (C=O) groups excluding carboxylic acids is 2. The summed E-state index contributed by atoms with van der Waals surface area (Å²) in [5.74, 6) is -0.0949. The Morgan fingerprint density at radius 1 is 1.32 bits per heavy atom. The number of nitrogens with zero attached hydrogens (tertiary/aromatic N) is 4. The molecular weight excluding hydrogens is 384 g/mol. The molecule has 2 amide bonds. The summed E-state index contributed by atoms with van der Waals surface area (Å²) in [6.07, 6.45) is 6.72. The van der Waals surface area contributed by atoms with E-state index in [1.54, 1.807) is 29.2 Å². The molecule has 3 heterocycles. The predicted molar refractivity (Wildman–Crippen MR) is 103 cm³/mol. The van der Waals surface area contributed by atoms with Crippen molar-refractivity contribution >= 4 is 29.1 Å². The van der Waals surface area contributed by atoms with Gasteiger partial charge in [0.05, 0.1) is 29.7 Å². The molecule has 0 bridgehead atoms. The first-order valence-corrected chi connectivity index (χ1v) is 9.28. The summed E-state index contributed by atoms with van der Waals surface area (Å²) in [4.78, 5) is 25.3. The van der Waals surface area contributed by atoms with Crippen LogP contribution in [0.25, 0.3) is 0 Å². The van der Waals surface area contributed by atoms with E-state index in [9.17, 15) is 9.59 Å². The Bertz CT molecular complexity index is 947. The first-order valence-electron chi connectivity index (χ1n) is 8.90. The lowest BCUT2D eigenvalue weighted by Crippen LogP contribution is -2.28. The number of rotatable bonds is 8. The van der Waals surface area contributed by atoms with Crippen LogP contribution in [-0.2, 0) is 17.9 Å². The summed E-state index contributed by atoms with van der Waals surface area (Å²) in [7, 11) is 0.